The summed E-state index contributed by atoms with van der Waals surface area (Å²) < 4.78 is 62.7. The zero-order valence-electron chi connectivity index (χ0n) is 15.6. The molecule has 0 bridgehead atoms. The van der Waals surface area contributed by atoms with Gasteiger partial charge in [-0.05, 0) is 39.0 Å². The first kappa shape index (κ1) is 20.2. The Morgan fingerprint density at radius 3 is 2.52 bits per heavy atom. The van der Waals surface area contributed by atoms with E-state index < -0.39 is 28.5 Å². The molecule has 6 nitrogen and oxygen atoms in total. The van der Waals surface area contributed by atoms with Crippen LogP contribution in [0.2, 0.25) is 0 Å². The summed E-state index contributed by atoms with van der Waals surface area (Å²) in [5.41, 5.74) is 1.27. The van der Waals surface area contributed by atoms with Crippen molar-refractivity contribution in [3.63, 3.8) is 0 Å². The van der Waals surface area contributed by atoms with Crippen LogP contribution in [0.25, 0.3) is 0 Å². The lowest BCUT2D eigenvalue weighted by Crippen LogP contribution is -2.45. The molecule has 1 amide bonds. The number of halogens is 3. The maximum atomic E-state index is 13.0. The van der Waals surface area contributed by atoms with Crippen LogP contribution in [0.15, 0.2) is 0 Å². The predicted octanol–water partition coefficient (Wildman–Crippen LogP) is 2.06. The second kappa shape index (κ2) is 6.79. The maximum absolute atomic E-state index is 13.0. The smallest absolute Gasteiger partial charge is 0.342 e. The lowest BCUT2D eigenvalue weighted by molar-refractivity contribution is -0.143. The van der Waals surface area contributed by atoms with Crippen LogP contribution < -0.4 is 0 Å². The fourth-order valence-electron chi connectivity index (χ4n) is 4.47. The van der Waals surface area contributed by atoms with E-state index in [1.54, 1.807) is 25.7 Å². The number of carbonyl (C=O) groups is 1. The number of aromatic nitrogens is 2. The second-order valence-corrected chi connectivity index (χ2v) is 9.90. The van der Waals surface area contributed by atoms with Crippen LogP contribution >= 0.6 is 0 Å². The number of sulfone groups is 1. The van der Waals surface area contributed by atoms with Gasteiger partial charge in [-0.15, -0.1) is 0 Å². The highest BCUT2D eigenvalue weighted by molar-refractivity contribution is 7.91. The second-order valence-electron chi connectivity index (χ2n) is 7.75. The number of hydrogen-bond donors (Lipinski definition) is 0. The molecule has 3 heterocycles. The average Bonchev–Trinajstić information content (AvgIpc) is 2.98. The summed E-state index contributed by atoms with van der Waals surface area (Å²) in [6.07, 6.45) is -3.74. The molecule has 2 fully saturated rings. The molecule has 0 aliphatic carbocycles. The highest BCUT2D eigenvalue weighted by Crippen LogP contribution is 2.35. The summed E-state index contributed by atoms with van der Waals surface area (Å²) in [7, 11) is -3.04. The minimum Gasteiger partial charge on any atom is -0.342 e. The van der Waals surface area contributed by atoms with Crippen LogP contribution in [0.4, 0.5) is 13.2 Å². The third kappa shape index (κ3) is 4.14. The fraction of sp³-hybridized carbons (Fsp3) is 0.765. The number of aryl methyl sites for hydroxylation is 1. The van der Waals surface area contributed by atoms with Crippen LogP contribution in [0.3, 0.4) is 0 Å². The normalized spacial score (nSPS) is 26.1. The molecule has 27 heavy (non-hydrogen) atoms. The molecule has 3 unspecified atom stereocenters. The van der Waals surface area contributed by atoms with Gasteiger partial charge in [0, 0.05) is 24.3 Å². The fourth-order valence-corrected chi connectivity index (χ4v) is 6.73. The zero-order chi connectivity index (χ0) is 20.1. The minimum atomic E-state index is -4.39. The Bertz CT molecular complexity index is 848. The van der Waals surface area contributed by atoms with Gasteiger partial charge in [0.2, 0.25) is 5.91 Å². The molecule has 1 aromatic heterocycles. The van der Waals surface area contributed by atoms with E-state index in [1.165, 1.54) is 0 Å². The van der Waals surface area contributed by atoms with Crippen LogP contribution in [0.1, 0.15) is 36.2 Å². The number of rotatable bonds is 3. The Labute approximate surface area is 156 Å². The Morgan fingerprint density at radius 2 is 1.89 bits per heavy atom. The lowest BCUT2D eigenvalue weighted by Gasteiger charge is -2.35. The number of nitrogens with zero attached hydrogens (tertiary/aromatic N) is 3. The molecule has 0 spiro atoms. The largest absolute Gasteiger partial charge is 0.408 e. The van der Waals surface area contributed by atoms with Crippen molar-refractivity contribution < 1.29 is 26.4 Å². The Kier molecular flexibility index (Phi) is 5.07. The molecule has 10 heteroatoms. The van der Waals surface area contributed by atoms with Crippen LogP contribution in [0.5, 0.6) is 0 Å². The Balaban J connectivity index is 1.76. The van der Waals surface area contributed by atoms with E-state index in [2.05, 4.69) is 5.10 Å². The predicted molar refractivity (Wildman–Crippen MR) is 93.0 cm³/mol. The Hall–Kier alpha value is -1.58. The van der Waals surface area contributed by atoms with Gasteiger partial charge in [-0.1, -0.05) is 0 Å². The van der Waals surface area contributed by atoms with Crippen molar-refractivity contribution >= 4 is 15.7 Å². The van der Waals surface area contributed by atoms with Crippen LogP contribution in [0, 0.1) is 25.7 Å². The number of fused-ring (bicyclic) bond motifs is 1. The van der Waals surface area contributed by atoms with Crippen molar-refractivity contribution in [2.75, 3.05) is 24.6 Å². The summed E-state index contributed by atoms with van der Waals surface area (Å²) in [6.45, 7) is 4.51. The van der Waals surface area contributed by atoms with Gasteiger partial charge in [-0.2, -0.15) is 18.3 Å². The molecule has 0 radical (unpaired) electrons. The van der Waals surface area contributed by atoms with Crippen molar-refractivity contribution in [3.05, 3.63) is 17.0 Å². The number of hydrogen-bond acceptors (Lipinski definition) is 4. The zero-order valence-corrected chi connectivity index (χ0v) is 16.4. The SMILES string of the molecule is Cc1nn(CC(F)(F)F)c(C)c1C(C)C(=O)N1CCC2CS(=O)(=O)CC2C1. The summed E-state index contributed by atoms with van der Waals surface area (Å²) in [5.74, 6) is -0.450. The van der Waals surface area contributed by atoms with Crippen LogP contribution in [-0.4, -0.2) is 59.8 Å². The van der Waals surface area contributed by atoms with Gasteiger partial charge in [0.05, 0.1) is 23.1 Å². The van der Waals surface area contributed by atoms with Crippen molar-refractivity contribution in [1.82, 2.24) is 14.7 Å². The van der Waals surface area contributed by atoms with Crippen molar-refractivity contribution in [1.29, 1.82) is 0 Å². The molecule has 3 atom stereocenters. The monoisotopic (exact) mass is 407 g/mol. The number of piperidine rings is 1. The highest BCUT2D eigenvalue weighted by atomic mass is 32.2. The molecular formula is C17H24F3N3O3S. The van der Waals surface area contributed by atoms with Crippen molar-refractivity contribution in [2.45, 2.75) is 45.8 Å². The van der Waals surface area contributed by atoms with Gasteiger partial charge in [-0.25, -0.2) is 8.42 Å². The van der Waals surface area contributed by atoms with Gasteiger partial charge in [0.15, 0.2) is 9.84 Å². The summed E-state index contributed by atoms with van der Waals surface area (Å²) in [6, 6.07) is 0. The quantitative estimate of drug-likeness (QED) is 0.769. The third-order valence-corrected chi connectivity index (χ3v) is 7.58. The van der Waals surface area contributed by atoms with Gasteiger partial charge in [0.1, 0.15) is 6.54 Å². The molecule has 0 aromatic carbocycles. The topological polar surface area (TPSA) is 72.3 Å². The summed E-state index contributed by atoms with van der Waals surface area (Å²) in [4.78, 5) is 14.6. The molecular weight excluding hydrogens is 383 g/mol. The standard InChI is InChI=1S/C17H24F3N3O3S/c1-10(15-11(2)21-23(12(15)3)9-17(18,19)20)16(24)22-5-4-13-7-27(25,26)8-14(13)6-22/h10,13-14H,4-9H2,1-3H3. The van der Waals surface area contributed by atoms with E-state index in [-0.39, 0.29) is 29.2 Å². The van der Waals surface area contributed by atoms with Crippen LogP contribution in [-0.2, 0) is 21.2 Å². The first-order valence-electron chi connectivity index (χ1n) is 8.98. The van der Waals surface area contributed by atoms with Gasteiger partial charge >= 0.3 is 6.18 Å². The Morgan fingerprint density at radius 1 is 1.26 bits per heavy atom. The van der Waals surface area contributed by atoms with Crippen molar-refractivity contribution in [2.24, 2.45) is 11.8 Å². The van der Waals surface area contributed by atoms with Crippen molar-refractivity contribution in [3.8, 4) is 0 Å². The van der Waals surface area contributed by atoms with E-state index in [1.807, 2.05) is 0 Å². The third-order valence-electron chi connectivity index (χ3n) is 5.71. The maximum Gasteiger partial charge on any atom is 0.408 e. The minimum absolute atomic E-state index is 0.0463. The van der Waals surface area contributed by atoms with Gasteiger partial charge in [-0.3, -0.25) is 9.48 Å². The van der Waals surface area contributed by atoms with E-state index in [9.17, 15) is 26.4 Å². The number of alkyl halides is 3. The molecule has 2 saturated heterocycles. The first-order chi connectivity index (χ1) is 12.4. The molecule has 3 rings (SSSR count). The van der Waals surface area contributed by atoms with E-state index in [4.69, 9.17) is 0 Å². The molecule has 1 aromatic rings. The molecule has 2 aliphatic heterocycles. The number of carbonyl (C=O) groups excluding carboxylic acids is 1. The number of likely N-dealkylation sites (tertiary alicyclic amines) is 1. The lowest BCUT2D eigenvalue weighted by atomic mass is 9.87. The summed E-state index contributed by atoms with van der Waals surface area (Å²) >= 11 is 0. The average molecular weight is 407 g/mol. The summed E-state index contributed by atoms with van der Waals surface area (Å²) in [5, 5.41) is 3.96. The van der Waals surface area contributed by atoms with E-state index in [0.717, 1.165) is 4.68 Å². The number of amides is 1. The molecule has 0 N–H and O–H groups in total. The molecule has 152 valence electrons. The molecule has 2 aliphatic rings. The highest BCUT2D eigenvalue weighted by Gasteiger charge is 2.42. The first-order valence-corrected chi connectivity index (χ1v) is 10.8. The van der Waals surface area contributed by atoms with Gasteiger partial charge < -0.3 is 4.90 Å². The molecule has 0 saturated carbocycles. The van der Waals surface area contributed by atoms with E-state index in [0.29, 0.717) is 36.5 Å². The van der Waals surface area contributed by atoms with E-state index >= 15 is 0 Å². The van der Waals surface area contributed by atoms with Gasteiger partial charge in [0.25, 0.3) is 0 Å².